The van der Waals surface area contributed by atoms with Crippen LogP contribution in [0.2, 0.25) is 0 Å². The second-order valence-corrected chi connectivity index (χ2v) is 7.56. The maximum absolute atomic E-state index is 12.9. The van der Waals surface area contributed by atoms with E-state index in [2.05, 4.69) is 26.2 Å². The number of ketones is 1. The zero-order valence-corrected chi connectivity index (χ0v) is 17.3. The molecule has 3 aromatic carbocycles. The minimum Gasteiger partial charge on any atom is -0.345 e. The van der Waals surface area contributed by atoms with E-state index in [-0.39, 0.29) is 18.2 Å². The molecule has 0 saturated heterocycles. The van der Waals surface area contributed by atoms with Crippen molar-refractivity contribution < 1.29 is 9.59 Å². The Bertz CT molecular complexity index is 1210. The van der Waals surface area contributed by atoms with Crippen molar-refractivity contribution in [3.05, 3.63) is 99.8 Å². The van der Waals surface area contributed by atoms with Gasteiger partial charge in [-0.05, 0) is 42.5 Å². The molecule has 144 valence electrons. The van der Waals surface area contributed by atoms with E-state index in [1.54, 1.807) is 36.4 Å². The van der Waals surface area contributed by atoms with Crippen LogP contribution < -0.4 is 5.32 Å². The minimum absolute atomic E-state index is 0.189. The number of fused-ring (bicyclic) bond motifs is 1. The number of aromatic nitrogens is 2. The average molecular weight is 448 g/mol. The van der Waals surface area contributed by atoms with Crippen LogP contribution in [0.5, 0.6) is 0 Å². The number of halogens is 1. The van der Waals surface area contributed by atoms with Gasteiger partial charge in [-0.2, -0.15) is 0 Å². The Balaban J connectivity index is 1.57. The first-order valence-corrected chi connectivity index (χ1v) is 9.92. The summed E-state index contributed by atoms with van der Waals surface area (Å²) in [6.07, 6.45) is 0. The molecule has 0 bridgehead atoms. The number of carbonyl (C=O) groups excluding carboxylic acids is 2. The van der Waals surface area contributed by atoms with Gasteiger partial charge in [-0.15, -0.1) is 0 Å². The zero-order chi connectivity index (χ0) is 20.4. The van der Waals surface area contributed by atoms with Crippen LogP contribution in [0.1, 0.15) is 32.1 Å². The third-order valence-corrected chi connectivity index (χ3v) is 5.34. The van der Waals surface area contributed by atoms with E-state index < -0.39 is 0 Å². The molecule has 1 amide bonds. The van der Waals surface area contributed by atoms with Crippen molar-refractivity contribution in [2.75, 3.05) is 0 Å². The molecule has 4 rings (SSSR count). The molecule has 0 spiro atoms. The molecule has 0 unspecified atom stereocenters. The van der Waals surface area contributed by atoms with Crippen molar-refractivity contribution in [3.8, 4) is 0 Å². The smallest absolute Gasteiger partial charge is 0.252 e. The van der Waals surface area contributed by atoms with Gasteiger partial charge in [0.05, 0.1) is 23.1 Å². The highest BCUT2D eigenvalue weighted by atomic mass is 79.9. The topological polar surface area (TPSA) is 64.0 Å². The van der Waals surface area contributed by atoms with Gasteiger partial charge in [0, 0.05) is 22.6 Å². The summed E-state index contributed by atoms with van der Waals surface area (Å²) >= 11 is 3.37. The summed E-state index contributed by atoms with van der Waals surface area (Å²) in [6.45, 7) is 0.269. The van der Waals surface area contributed by atoms with E-state index >= 15 is 0 Å². The highest BCUT2D eigenvalue weighted by molar-refractivity contribution is 9.10. The Labute approximate surface area is 176 Å². The predicted octanol–water partition coefficient (Wildman–Crippen LogP) is 4.50. The first kappa shape index (κ1) is 19.1. The van der Waals surface area contributed by atoms with Gasteiger partial charge in [-0.1, -0.05) is 46.3 Å². The molecular weight excluding hydrogens is 430 g/mol. The van der Waals surface area contributed by atoms with Gasteiger partial charge in [0.15, 0.2) is 5.78 Å². The fourth-order valence-electron chi connectivity index (χ4n) is 3.24. The molecule has 1 aromatic heterocycles. The molecule has 6 heteroatoms. The van der Waals surface area contributed by atoms with Crippen molar-refractivity contribution in [1.82, 2.24) is 14.9 Å². The molecule has 0 aliphatic rings. The van der Waals surface area contributed by atoms with E-state index in [1.807, 2.05) is 48.0 Å². The number of imidazole rings is 1. The number of carbonyl (C=O) groups is 2. The Hall–Kier alpha value is -3.25. The number of para-hydroxylation sites is 2. The molecule has 0 fully saturated rings. The Morgan fingerprint density at radius 3 is 2.31 bits per heavy atom. The molecule has 4 aromatic rings. The van der Waals surface area contributed by atoms with E-state index in [9.17, 15) is 9.59 Å². The van der Waals surface area contributed by atoms with Crippen molar-refractivity contribution in [3.63, 3.8) is 0 Å². The summed E-state index contributed by atoms with van der Waals surface area (Å²) in [4.78, 5) is 30.3. The maximum atomic E-state index is 12.9. The van der Waals surface area contributed by atoms with Gasteiger partial charge in [0.2, 0.25) is 0 Å². The lowest BCUT2D eigenvalue weighted by molar-refractivity contribution is 0.0938. The van der Waals surface area contributed by atoms with Gasteiger partial charge in [0.1, 0.15) is 5.82 Å². The SMILES string of the molecule is Cn1c(CNC(=O)c2ccccc2C(=O)c2ccc(Br)cc2)nc2ccccc21. The number of benzene rings is 3. The van der Waals surface area contributed by atoms with Crippen LogP contribution in [-0.2, 0) is 13.6 Å². The lowest BCUT2D eigenvalue weighted by Crippen LogP contribution is -2.26. The Morgan fingerprint density at radius 1 is 0.931 bits per heavy atom. The number of rotatable bonds is 5. The Kier molecular flexibility index (Phi) is 5.27. The van der Waals surface area contributed by atoms with E-state index in [0.717, 1.165) is 21.3 Å². The molecule has 5 nitrogen and oxygen atoms in total. The van der Waals surface area contributed by atoms with Crippen LogP contribution in [-0.4, -0.2) is 21.2 Å². The van der Waals surface area contributed by atoms with Crippen LogP contribution in [0.3, 0.4) is 0 Å². The van der Waals surface area contributed by atoms with E-state index in [1.165, 1.54) is 0 Å². The fourth-order valence-corrected chi connectivity index (χ4v) is 3.51. The number of hydrogen-bond acceptors (Lipinski definition) is 3. The largest absolute Gasteiger partial charge is 0.345 e. The summed E-state index contributed by atoms with van der Waals surface area (Å²) in [5.74, 6) is 0.250. The summed E-state index contributed by atoms with van der Waals surface area (Å²) in [7, 11) is 1.92. The lowest BCUT2D eigenvalue weighted by atomic mass is 9.98. The standard InChI is InChI=1S/C23H18BrN3O2/c1-27-20-9-5-4-8-19(20)26-21(27)14-25-23(29)18-7-3-2-6-17(18)22(28)15-10-12-16(24)13-11-15/h2-13H,14H2,1H3,(H,25,29). The van der Waals surface area contributed by atoms with Crippen LogP contribution in [0.4, 0.5) is 0 Å². The summed E-state index contributed by atoms with van der Waals surface area (Å²) in [5, 5.41) is 2.89. The Morgan fingerprint density at radius 2 is 1.59 bits per heavy atom. The van der Waals surface area contributed by atoms with Gasteiger partial charge < -0.3 is 9.88 Å². The first-order chi connectivity index (χ1) is 14.0. The maximum Gasteiger partial charge on any atom is 0.252 e. The summed E-state index contributed by atoms with van der Waals surface area (Å²) in [5.41, 5.74) is 3.13. The number of nitrogens with one attached hydrogen (secondary N) is 1. The molecule has 0 aliphatic carbocycles. The van der Waals surface area contributed by atoms with Crippen LogP contribution in [0, 0.1) is 0 Å². The van der Waals surface area contributed by atoms with Crippen LogP contribution >= 0.6 is 15.9 Å². The van der Waals surface area contributed by atoms with Gasteiger partial charge in [-0.3, -0.25) is 9.59 Å². The predicted molar refractivity (Wildman–Crippen MR) is 116 cm³/mol. The second-order valence-electron chi connectivity index (χ2n) is 6.64. The van der Waals surface area contributed by atoms with E-state index in [0.29, 0.717) is 16.7 Å². The molecule has 1 heterocycles. The molecule has 1 N–H and O–H groups in total. The lowest BCUT2D eigenvalue weighted by Gasteiger charge is -2.10. The molecular formula is C23H18BrN3O2. The number of nitrogens with zero attached hydrogens (tertiary/aromatic N) is 2. The fraction of sp³-hybridized carbons (Fsp3) is 0.0870. The normalized spacial score (nSPS) is 10.8. The van der Waals surface area contributed by atoms with Gasteiger partial charge >= 0.3 is 0 Å². The number of aryl methyl sites for hydroxylation is 1. The van der Waals surface area contributed by atoms with E-state index in [4.69, 9.17) is 0 Å². The average Bonchev–Trinajstić information content (AvgIpc) is 3.08. The monoisotopic (exact) mass is 447 g/mol. The minimum atomic E-state index is -0.307. The summed E-state index contributed by atoms with van der Waals surface area (Å²) < 4.78 is 2.84. The molecule has 0 atom stereocenters. The summed E-state index contributed by atoms with van der Waals surface area (Å²) in [6, 6.07) is 21.7. The van der Waals surface area contributed by atoms with Gasteiger partial charge in [0.25, 0.3) is 5.91 Å². The van der Waals surface area contributed by atoms with Crippen LogP contribution in [0.25, 0.3) is 11.0 Å². The third-order valence-electron chi connectivity index (χ3n) is 4.81. The zero-order valence-electron chi connectivity index (χ0n) is 15.7. The van der Waals surface area contributed by atoms with Crippen molar-refractivity contribution in [2.45, 2.75) is 6.54 Å². The molecule has 0 radical (unpaired) electrons. The highest BCUT2D eigenvalue weighted by Gasteiger charge is 2.18. The van der Waals surface area contributed by atoms with Crippen molar-refractivity contribution >= 4 is 38.7 Å². The second kappa shape index (κ2) is 8.01. The van der Waals surface area contributed by atoms with Crippen LogP contribution in [0.15, 0.2) is 77.3 Å². The molecule has 0 aliphatic heterocycles. The number of amides is 1. The van der Waals surface area contributed by atoms with Gasteiger partial charge in [-0.25, -0.2) is 4.98 Å². The van der Waals surface area contributed by atoms with Crippen molar-refractivity contribution in [2.24, 2.45) is 7.05 Å². The highest BCUT2D eigenvalue weighted by Crippen LogP contribution is 2.18. The molecule has 29 heavy (non-hydrogen) atoms. The number of hydrogen-bond donors (Lipinski definition) is 1. The third kappa shape index (κ3) is 3.84. The first-order valence-electron chi connectivity index (χ1n) is 9.12. The molecule has 0 saturated carbocycles. The van der Waals surface area contributed by atoms with Crippen molar-refractivity contribution in [1.29, 1.82) is 0 Å². The quantitative estimate of drug-likeness (QED) is 0.458.